The highest BCUT2D eigenvalue weighted by molar-refractivity contribution is 5.80. The molecule has 1 atom stereocenters. The van der Waals surface area contributed by atoms with Crippen molar-refractivity contribution >= 4 is 11.6 Å². The molecule has 5 nitrogen and oxygen atoms in total. The van der Waals surface area contributed by atoms with Gasteiger partial charge >= 0.3 is 0 Å². The molecule has 0 aliphatic heterocycles. The molecule has 1 aromatic heterocycles. The van der Waals surface area contributed by atoms with Crippen molar-refractivity contribution in [1.29, 1.82) is 0 Å². The molecule has 1 aromatic carbocycles. The molecule has 1 amide bonds. The number of aryl methyl sites for hydroxylation is 1. The van der Waals surface area contributed by atoms with Gasteiger partial charge in [-0.25, -0.2) is 0 Å². The van der Waals surface area contributed by atoms with E-state index in [0.717, 1.165) is 22.6 Å². The Balaban J connectivity index is 2.19. The van der Waals surface area contributed by atoms with Crippen LogP contribution < -0.4 is 10.6 Å². The van der Waals surface area contributed by atoms with Gasteiger partial charge in [0.05, 0.1) is 23.9 Å². The number of benzene rings is 1. The molecule has 0 saturated carbocycles. The number of likely N-dealkylation sites (N-methyl/N-ethyl adjacent to an activating group) is 1. The molecule has 110 valence electrons. The van der Waals surface area contributed by atoms with Crippen LogP contribution >= 0.6 is 0 Å². The van der Waals surface area contributed by atoms with E-state index in [0.29, 0.717) is 6.42 Å². The van der Waals surface area contributed by atoms with Gasteiger partial charge in [-0.15, -0.1) is 0 Å². The summed E-state index contributed by atoms with van der Waals surface area (Å²) in [5.41, 5.74) is 3.72. The highest BCUT2D eigenvalue weighted by Gasteiger charge is 2.13. The first-order valence-electron chi connectivity index (χ1n) is 6.94. The zero-order valence-electron chi connectivity index (χ0n) is 12.6. The van der Waals surface area contributed by atoms with Crippen molar-refractivity contribution in [2.24, 2.45) is 0 Å². The Bertz CT molecular complexity index is 627. The molecule has 2 rings (SSSR count). The van der Waals surface area contributed by atoms with Crippen molar-refractivity contribution in [3.63, 3.8) is 0 Å². The lowest BCUT2D eigenvalue weighted by atomic mass is 10.1. The van der Waals surface area contributed by atoms with Gasteiger partial charge in [0.1, 0.15) is 0 Å². The first kappa shape index (κ1) is 15.0. The van der Waals surface area contributed by atoms with E-state index in [4.69, 9.17) is 0 Å². The van der Waals surface area contributed by atoms with Crippen LogP contribution in [0.1, 0.15) is 29.9 Å². The Hall–Kier alpha value is -2.43. The fourth-order valence-corrected chi connectivity index (χ4v) is 2.22. The first-order chi connectivity index (χ1) is 10.1. The number of hydrogen-bond donors (Lipinski definition) is 2. The van der Waals surface area contributed by atoms with Gasteiger partial charge < -0.3 is 10.6 Å². The number of carbonyl (C=O) groups excluding carboxylic acids is 1. The van der Waals surface area contributed by atoms with E-state index >= 15 is 0 Å². The number of carbonyl (C=O) groups is 1. The van der Waals surface area contributed by atoms with Crippen LogP contribution in [-0.4, -0.2) is 22.9 Å². The van der Waals surface area contributed by atoms with Gasteiger partial charge in [-0.3, -0.25) is 14.8 Å². The highest BCUT2D eigenvalue weighted by Crippen LogP contribution is 2.22. The molecule has 21 heavy (non-hydrogen) atoms. The predicted molar refractivity (Wildman–Crippen MR) is 83.0 cm³/mol. The second-order valence-corrected chi connectivity index (χ2v) is 4.90. The smallest absolute Gasteiger partial charge is 0.224 e. The molecule has 0 fully saturated rings. The van der Waals surface area contributed by atoms with Crippen LogP contribution in [0.5, 0.6) is 0 Å². The number of nitrogens with zero attached hydrogens (tertiary/aromatic N) is 2. The molecule has 0 saturated heterocycles. The van der Waals surface area contributed by atoms with Gasteiger partial charge in [-0.1, -0.05) is 18.2 Å². The maximum Gasteiger partial charge on any atom is 0.224 e. The Morgan fingerprint density at radius 1 is 1.24 bits per heavy atom. The number of hydrogen-bond acceptors (Lipinski definition) is 4. The monoisotopic (exact) mass is 284 g/mol. The van der Waals surface area contributed by atoms with Gasteiger partial charge in [0.15, 0.2) is 0 Å². The topological polar surface area (TPSA) is 66.9 Å². The second-order valence-electron chi connectivity index (χ2n) is 4.90. The van der Waals surface area contributed by atoms with Crippen LogP contribution in [0.3, 0.4) is 0 Å². The molecule has 0 aliphatic carbocycles. The van der Waals surface area contributed by atoms with E-state index < -0.39 is 0 Å². The molecule has 2 N–H and O–H groups in total. The minimum atomic E-state index is -0.00686. The summed E-state index contributed by atoms with van der Waals surface area (Å²) in [6.07, 6.45) is 3.73. The standard InChI is InChI=1S/C16H20N4O/c1-11-16(19-9-8-18-11)12(2)20-14-7-5-4-6-13(14)10-15(21)17-3/h4-9,12,20H,10H2,1-3H3,(H,17,21). The van der Waals surface area contributed by atoms with Gasteiger partial charge in [-0.2, -0.15) is 0 Å². The molecular formula is C16H20N4O. The van der Waals surface area contributed by atoms with Crippen molar-refractivity contribution in [2.45, 2.75) is 26.3 Å². The third-order valence-corrected chi connectivity index (χ3v) is 3.35. The van der Waals surface area contributed by atoms with Gasteiger partial charge in [0, 0.05) is 25.1 Å². The van der Waals surface area contributed by atoms with Crippen molar-refractivity contribution in [3.8, 4) is 0 Å². The van der Waals surface area contributed by atoms with E-state index in [-0.39, 0.29) is 11.9 Å². The molecule has 2 aromatic rings. The Morgan fingerprint density at radius 2 is 1.95 bits per heavy atom. The maximum atomic E-state index is 11.6. The Morgan fingerprint density at radius 3 is 2.67 bits per heavy atom. The van der Waals surface area contributed by atoms with E-state index in [9.17, 15) is 4.79 Å². The van der Waals surface area contributed by atoms with Crippen LogP contribution in [0.4, 0.5) is 5.69 Å². The molecule has 1 unspecified atom stereocenters. The number of para-hydroxylation sites is 1. The highest BCUT2D eigenvalue weighted by atomic mass is 16.1. The van der Waals surface area contributed by atoms with Crippen LogP contribution in [0.2, 0.25) is 0 Å². The van der Waals surface area contributed by atoms with E-state index in [1.165, 1.54) is 0 Å². The van der Waals surface area contributed by atoms with Crippen molar-refractivity contribution in [1.82, 2.24) is 15.3 Å². The van der Waals surface area contributed by atoms with E-state index in [2.05, 4.69) is 20.6 Å². The lowest BCUT2D eigenvalue weighted by Gasteiger charge is -2.18. The van der Waals surface area contributed by atoms with Gasteiger partial charge in [-0.05, 0) is 25.5 Å². The summed E-state index contributed by atoms with van der Waals surface area (Å²) in [6, 6.07) is 7.83. The number of rotatable bonds is 5. The molecule has 5 heteroatoms. The molecule has 1 heterocycles. The van der Waals surface area contributed by atoms with Crippen LogP contribution in [0, 0.1) is 6.92 Å². The van der Waals surface area contributed by atoms with Gasteiger partial charge in [0.2, 0.25) is 5.91 Å². The van der Waals surface area contributed by atoms with E-state index in [1.807, 2.05) is 38.1 Å². The average Bonchev–Trinajstić information content (AvgIpc) is 2.49. The summed E-state index contributed by atoms with van der Waals surface area (Å²) in [6.45, 7) is 3.98. The maximum absolute atomic E-state index is 11.6. The largest absolute Gasteiger partial charge is 0.377 e. The zero-order valence-corrected chi connectivity index (χ0v) is 12.6. The normalized spacial score (nSPS) is 11.8. The summed E-state index contributed by atoms with van der Waals surface area (Å²) < 4.78 is 0. The third kappa shape index (κ3) is 3.78. The van der Waals surface area contributed by atoms with E-state index in [1.54, 1.807) is 19.4 Å². The summed E-state index contributed by atoms with van der Waals surface area (Å²) in [7, 11) is 1.64. The second kappa shape index (κ2) is 6.83. The Labute approximate surface area is 124 Å². The zero-order chi connectivity index (χ0) is 15.2. The first-order valence-corrected chi connectivity index (χ1v) is 6.94. The van der Waals surface area contributed by atoms with Gasteiger partial charge in [0.25, 0.3) is 0 Å². The van der Waals surface area contributed by atoms with Crippen LogP contribution in [0.15, 0.2) is 36.7 Å². The quantitative estimate of drug-likeness (QED) is 0.883. The number of nitrogens with one attached hydrogen (secondary N) is 2. The molecule has 0 radical (unpaired) electrons. The number of amides is 1. The van der Waals surface area contributed by atoms with Crippen LogP contribution in [-0.2, 0) is 11.2 Å². The Kier molecular flexibility index (Phi) is 4.87. The van der Waals surface area contributed by atoms with Crippen molar-refractivity contribution in [2.75, 3.05) is 12.4 Å². The molecule has 0 aliphatic rings. The predicted octanol–water partition coefficient (Wildman–Crippen LogP) is 2.25. The molecule has 0 bridgehead atoms. The average molecular weight is 284 g/mol. The fraction of sp³-hybridized carbons (Fsp3) is 0.312. The minimum Gasteiger partial charge on any atom is -0.377 e. The molecule has 0 spiro atoms. The number of anilines is 1. The van der Waals surface area contributed by atoms with Crippen molar-refractivity contribution < 1.29 is 4.79 Å². The summed E-state index contributed by atoms with van der Waals surface area (Å²) in [5.74, 6) is -0.00686. The lowest BCUT2D eigenvalue weighted by Crippen LogP contribution is -2.21. The fourth-order valence-electron chi connectivity index (χ4n) is 2.22. The number of aromatic nitrogens is 2. The summed E-state index contributed by atoms with van der Waals surface area (Å²) in [4.78, 5) is 20.2. The summed E-state index contributed by atoms with van der Waals surface area (Å²) >= 11 is 0. The third-order valence-electron chi connectivity index (χ3n) is 3.35. The summed E-state index contributed by atoms with van der Waals surface area (Å²) in [5, 5.41) is 6.06. The molecular weight excluding hydrogens is 264 g/mol. The minimum absolute atomic E-state index is 0.00686. The lowest BCUT2D eigenvalue weighted by molar-refractivity contribution is -0.119. The SMILES string of the molecule is CNC(=O)Cc1ccccc1NC(C)c1nccnc1C. The van der Waals surface area contributed by atoms with Crippen molar-refractivity contribution in [3.05, 3.63) is 53.6 Å². The van der Waals surface area contributed by atoms with Crippen LogP contribution in [0.25, 0.3) is 0 Å².